The van der Waals surface area contributed by atoms with Crippen LogP contribution in [0.15, 0.2) is 0 Å². The third-order valence-corrected chi connectivity index (χ3v) is 2.42. The molecule has 0 saturated carbocycles. The summed E-state index contributed by atoms with van der Waals surface area (Å²) >= 11 is 0. The first-order valence-corrected chi connectivity index (χ1v) is 5.25. The lowest BCUT2D eigenvalue weighted by atomic mass is 10.1. The zero-order chi connectivity index (χ0) is 10.4. The van der Waals surface area contributed by atoms with Gasteiger partial charge in [-0.15, -0.1) is 0 Å². The first-order chi connectivity index (χ1) is 6.75. The van der Waals surface area contributed by atoms with Gasteiger partial charge in [0, 0.05) is 6.04 Å². The lowest BCUT2D eigenvalue weighted by Crippen LogP contribution is -2.35. The van der Waals surface area contributed by atoms with E-state index < -0.39 is 0 Å². The van der Waals surface area contributed by atoms with Gasteiger partial charge in [-0.3, -0.25) is 4.79 Å². The summed E-state index contributed by atoms with van der Waals surface area (Å²) < 4.78 is 10.2. The molecule has 0 spiro atoms. The number of rotatable bonds is 5. The van der Waals surface area contributed by atoms with E-state index in [1.54, 1.807) is 0 Å². The number of hydrogen-bond acceptors (Lipinski definition) is 4. The van der Waals surface area contributed by atoms with E-state index in [9.17, 15) is 4.79 Å². The molecule has 1 aliphatic rings. The first-order valence-electron chi connectivity index (χ1n) is 5.25. The molecule has 0 amide bonds. The molecule has 1 fully saturated rings. The third kappa shape index (κ3) is 3.27. The van der Waals surface area contributed by atoms with Crippen LogP contribution in [0.2, 0.25) is 0 Å². The van der Waals surface area contributed by atoms with Crippen LogP contribution in [0.3, 0.4) is 0 Å². The Hall–Kier alpha value is -0.610. The second-order valence-corrected chi connectivity index (χ2v) is 3.68. The number of carbonyl (C=O) groups is 1. The number of carbonyl (C=O) groups excluding carboxylic acids is 1. The zero-order valence-corrected chi connectivity index (χ0v) is 8.70. The van der Waals surface area contributed by atoms with E-state index in [0.29, 0.717) is 19.8 Å². The van der Waals surface area contributed by atoms with Gasteiger partial charge in [0.25, 0.3) is 0 Å². The molecule has 0 aromatic carbocycles. The summed E-state index contributed by atoms with van der Waals surface area (Å²) in [4.78, 5) is 11.4. The predicted octanol–water partition coefficient (Wildman–Crippen LogP) is 0.694. The highest BCUT2D eigenvalue weighted by molar-refractivity contribution is 5.73. The molecule has 2 unspecified atom stereocenters. The SMILES string of the molecule is CCCCCOC(=O)C1COCC1N. The molecule has 4 nitrogen and oxygen atoms in total. The molecule has 1 rings (SSSR count). The number of esters is 1. The van der Waals surface area contributed by atoms with Crippen LogP contribution in [0, 0.1) is 5.92 Å². The molecule has 1 aliphatic heterocycles. The fourth-order valence-corrected chi connectivity index (χ4v) is 1.45. The van der Waals surface area contributed by atoms with Gasteiger partial charge in [0.1, 0.15) is 0 Å². The highest BCUT2D eigenvalue weighted by atomic mass is 16.5. The van der Waals surface area contributed by atoms with Gasteiger partial charge < -0.3 is 15.2 Å². The number of nitrogens with two attached hydrogens (primary N) is 1. The van der Waals surface area contributed by atoms with E-state index in [1.807, 2.05) is 0 Å². The van der Waals surface area contributed by atoms with Crippen molar-refractivity contribution in [3.8, 4) is 0 Å². The van der Waals surface area contributed by atoms with Crippen molar-refractivity contribution in [3.63, 3.8) is 0 Å². The van der Waals surface area contributed by atoms with E-state index in [4.69, 9.17) is 15.2 Å². The summed E-state index contributed by atoms with van der Waals surface area (Å²) in [7, 11) is 0. The molecular weight excluding hydrogens is 182 g/mol. The fraction of sp³-hybridized carbons (Fsp3) is 0.900. The first kappa shape index (κ1) is 11.5. The second-order valence-electron chi connectivity index (χ2n) is 3.68. The van der Waals surface area contributed by atoms with Gasteiger partial charge in [0.2, 0.25) is 0 Å². The van der Waals surface area contributed by atoms with Crippen LogP contribution in [-0.4, -0.2) is 31.8 Å². The van der Waals surface area contributed by atoms with Crippen molar-refractivity contribution in [3.05, 3.63) is 0 Å². The van der Waals surface area contributed by atoms with Crippen molar-refractivity contribution in [1.29, 1.82) is 0 Å². The third-order valence-electron chi connectivity index (χ3n) is 2.42. The van der Waals surface area contributed by atoms with Gasteiger partial charge in [-0.05, 0) is 6.42 Å². The Balaban J connectivity index is 2.14. The Bertz CT molecular complexity index is 184. The topological polar surface area (TPSA) is 61.5 Å². The van der Waals surface area contributed by atoms with Crippen LogP contribution in [0.25, 0.3) is 0 Å². The molecule has 4 heteroatoms. The van der Waals surface area contributed by atoms with Crippen LogP contribution in [0.1, 0.15) is 26.2 Å². The average molecular weight is 201 g/mol. The van der Waals surface area contributed by atoms with E-state index >= 15 is 0 Å². The Morgan fingerprint density at radius 3 is 2.86 bits per heavy atom. The normalized spacial score (nSPS) is 26.4. The van der Waals surface area contributed by atoms with Crippen molar-refractivity contribution in [2.45, 2.75) is 32.2 Å². The van der Waals surface area contributed by atoms with Crippen molar-refractivity contribution >= 4 is 5.97 Å². The molecule has 2 atom stereocenters. The molecule has 0 aliphatic carbocycles. The maximum absolute atomic E-state index is 11.4. The van der Waals surface area contributed by atoms with Crippen LogP contribution in [0.4, 0.5) is 0 Å². The molecule has 82 valence electrons. The number of unbranched alkanes of at least 4 members (excludes halogenated alkanes) is 2. The summed E-state index contributed by atoms with van der Waals surface area (Å²) in [6.45, 7) is 3.50. The van der Waals surface area contributed by atoms with Crippen molar-refractivity contribution < 1.29 is 14.3 Å². The molecule has 0 aromatic heterocycles. The summed E-state index contributed by atoms with van der Waals surface area (Å²) in [5.41, 5.74) is 5.68. The van der Waals surface area contributed by atoms with Crippen molar-refractivity contribution in [1.82, 2.24) is 0 Å². The molecule has 1 heterocycles. The minimum absolute atomic E-state index is 0.186. The minimum atomic E-state index is -0.253. The minimum Gasteiger partial charge on any atom is -0.465 e. The summed E-state index contributed by atoms with van der Waals surface area (Å²) in [6, 6.07) is -0.186. The molecule has 14 heavy (non-hydrogen) atoms. The van der Waals surface area contributed by atoms with E-state index in [0.717, 1.165) is 19.3 Å². The highest BCUT2D eigenvalue weighted by Crippen LogP contribution is 2.13. The van der Waals surface area contributed by atoms with Crippen molar-refractivity contribution in [2.75, 3.05) is 19.8 Å². The number of ether oxygens (including phenoxy) is 2. The maximum atomic E-state index is 11.4. The van der Waals surface area contributed by atoms with Crippen LogP contribution in [0.5, 0.6) is 0 Å². The highest BCUT2D eigenvalue weighted by Gasteiger charge is 2.32. The number of hydrogen-bond donors (Lipinski definition) is 1. The van der Waals surface area contributed by atoms with E-state index in [1.165, 1.54) is 0 Å². The molecule has 2 N–H and O–H groups in total. The Morgan fingerprint density at radius 2 is 2.29 bits per heavy atom. The Labute approximate surface area is 84.7 Å². The van der Waals surface area contributed by atoms with Gasteiger partial charge in [-0.25, -0.2) is 0 Å². The van der Waals surface area contributed by atoms with Gasteiger partial charge in [0.05, 0.1) is 25.7 Å². The predicted molar refractivity (Wildman–Crippen MR) is 52.8 cm³/mol. The fourth-order valence-electron chi connectivity index (χ4n) is 1.45. The van der Waals surface area contributed by atoms with E-state index in [2.05, 4.69) is 6.92 Å². The zero-order valence-electron chi connectivity index (χ0n) is 8.70. The van der Waals surface area contributed by atoms with Gasteiger partial charge >= 0.3 is 5.97 Å². The molecule has 0 bridgehead atoms. The molecule has 1 saturated heterocycles. The van der Waals surface area contributed by atoms with Gasteiger partial charge in [0.15, 0.2) is 0 Å². The molecule has 0 aromatic rings. The lowest BCUT2D eigenvalue weighted by molar-refractivity contribution is -0.148. The molecular formula is C10H19NO3. The van der Waals surface area contributed by atoms with Gasteiger partial charge in [-0.2, -0.15) is 0 Å². The lowest BCUT2D eigenvalue weighted by Gasteiger charge is -2.12. The average Bonchev–Trinajstić information content (AvgIpc) is 2.59. The van der Waals surface area contributed by atoms with Crippen LogP contribution in [-0.2, 0) is 14.3 Å². The summed E-state index contributed by atoms with van der Waals surface area (Å²) in [5.74, 6) is -0.456. The summed E-state index contributed by atoms with van der Waals surface area (Å²) in [6.07, 6.45) is 3.16. The Kier molecular flexibility index (Phi) is 4.90. The second kappa shape index (κ2) is 5.98. The van der Waals surface area contributed by atoms with Gasteiger partial charge in [-0.1, -0.05) is 19.8 Å². The van der Waals surface area contributed by atoms with Crippen molar-refractivity contribution in [2.24, 2.45) is 11.7 Å². The molecule has 0 radical (unpaired) electrons. The van der Waals surface area contributed by atoms with Crippen LogP contribution >= 0.6 is 0 Å². The quantitative estimate of drug-likeness (QED) is 0.525. The monoisotopic (exact) mass is 201 g/mol. The standard InChI is InChI=1S/C10H19NO3/c1-2-3-4-5-14-10(12)8-6-13-7-9(8)11/h8-9H,2-7,11H2,1H3. The Morgan fingerprint density at radius 1 is 1.50 bits per heavy atom. The maximum Gasteiger partial charge on any atom is 0.312 e. The van der Waals surface area contributed by atoms with Crippen LogP contribution < -0.4 is 5.73 Å². The smallest absolute Gasteiger partial charge is 0.312 e. The summed E-state index contributed by atoms with van der Waals surface area (Å²) in [5, 5.41) is 0. The largest absolute Gasteiger partial charge is 0.465 e. The van der Waals surface area contributed by atoms with E-state index in [-0.39, 0.29) is 17.9 Å².